The van der Waals surface area contributed by atoms with Crippen molar-refractivity contribution in [3.63, 3.8) is 0 Å². The van der Waals surface area contributed by atoms with Gasteiger partial charge in [0.2, 0.25) is 17.9 Å². The van der Waals surface area contributed by atoms with Crippen molar-refractivity contribution in [1.82, 2.24) is 15.1 Å². The van der Waals surface area contributed by atoms with E-state index in [4.69, 9.17) is 15.6 Å². The van der Waals surface area contributed by atoms with Crippen LogP contribution in [0, 0.1) is 12.0 Å². The molecule has 3 aromatic rings. The number of carbonyl (C=O) groups excluding carboxylic acids is 5. The largest absolute Gasteiger partial charge is 0.404 e. The third-order valence-electron chi connectivity index (χ3n) is 11.6. The first-order chi connectivity index (χ1) is 30.0. The maximum Gasteiger partial charge on any atom is 0.404 e. The molecular formula is C45H55F2N4O8PS3. The molecule has 2 aromatic carbocycles. The van der Waals surface area contributed by atoms with Crippen molar-refractivity contribution in [3.8, 4) is 0 Å². The predicted octanol–water partition coefficient (Wildman–Crippen LogP) is 9.49. The van der Waals surface area contributed by atoms with Gasteiger partial charge in [-0.3, -0.25) is 28.5 Å². The summed E-state index contributed by atoms with van der Waals surface area (Å²) in [5.41, 5.74) is -4.50. The van der Waals surface area contributed by atoms with E-state index in [2.05, 4.69) is 10.2 Å². The van der Waals surface area contributed by atoms with E-state index in [1.807, 2.05) is 37.3 Å². The molecule has 3 aliphatic heterocycles. The molecule has 4 heterocycles. The molecule has 0 saturated carbocycles. The second-order valence-electron chi connectivity index (χ2n) is 17.2. The number of carbonyl (C=O) groups is 5. The molecule has 3 saturated heterocycles. The van der Waals surface area contributed by atoms with E-state index in [0.717, 1.165) is 65.4 Å². The molecule has 1 unspecified atom stereocenters. The SMILES string of the molecule is [C-]#[N+][C@H]1CN(C(=O)[C@@H]2CC[C@@H]3CCCC[C@H](NC(=O)c4cc5cc(C(F)(F)P(=O)(OCCSC(=O)CCC)OCCSC(=O)C(C)(C)C)ccc5s4)C(=O)N32)C[C@@H]1c1ccccc1. The molecule has 3 amide bonds. The second kappa shape index (κ2) is 21.1. The van der Waals surface area contributed by atoms with Crippen LogP contribution in [-0.2, 0) is 38.5 Å². The molecule has 18 heteroatoms. The van der Waals surface area contributed by atoms with E-state index >= 15 is 8.78 Å². The number of halogens is 2. The highest BCUT2D eigenvalue weighted by molar-refractivity contribution is 8.13. The van der Waals surface area contributed by atoms with Gasteiger partial charge in [0.25, 0.3) is 5.91 Å². The van der Waals surface area contributed by atoms with Gasteiger partial charge in [-0.1, -0.05) is 100 Å². The number of amides is 3. The molecule has 63 heavy (non-hydrogen) atoms. The fourth-order valence-corrected chi connectivity index (χ4v) is 12.5. The highest BCUT2D eigenvalue weighted by atomic mass is 32.2. The Balaban J connectivity index is 1.16. The third kappa shape index (κ3) is 11.4. The number of nitrogens with one attached hydrogen (secondary N) is 1. The third-order valence-corrected chi connectivity index (χ3v) is 16.9. The quantitative estimate of drug-likeness (QED) is 0.0838. The van der Waals surface area contributed by atoms with Crippen LogP contribution in [0.15, 0.2) is 54.6 Å². The predicted molar refractivity (Wildman–Crippen MR) is 244 cm³/mol. The maximum atomic E-state index is 16.4. The summed E-state index contributed by atoms with van der Waals surface area (Å²) in [5.74, 6) is -1.28. The van der Waals surface area contributed by atoms with Crippen molar-refractivity contribution in [2.24, 2.45) is 5.41 Å². The van der Waals surface area contributed by atoms with Crippen LogP contribution >= 0.6 is 42.5 Å². The minimum absolute atomic E-state index is 0.0161. The lowest BCUT2D eigenvalue weighted by atomic mass is 9.95. The molecular weight excluding hydrogens is 890 g/mol. The summed E-state index contributed by atoms with van der Waals surface area (Å²) < 4.78 is 58.0. The summed E-state index contributed by atoms with van der Waals surface area (Å²) in [6.45, 7) is 14.6. The molecule has 3 fully saturated rings. The first-order valence-corrected chi connectivity index (χ1v) is 25.8. The van der Waals surface area contributed by atoms with Crippen molar-refractivity contribution >= 4 is 80.5 Å². The van der Waals surface area contributed by atoms with Crippen molar-refractivity contribution in [2.45, 2.75) is 115 Å². The molecule has 0 spiro atoms. The van der Waals surface area contributed by atoms with Crippen LogP contribution in [0.2, 0.25) is 0 Å². The summed E-state index contributed by atoms with van der Waals surface area (Å²) in [6, 6.07) is 12.6. The van der Waals surface area contributed by atoms with E-state index in [1.54, 1.807) is 30.6 Å². The van der Waals surface area contributed by atoms with Gasteiger partial charge in [-0.2, -0.15) is 8.78 Å². The molecule has 0 bridgehead atoms. The van der Waals surface area contributed by atoms with Gasteiger partial charge in [0, 0.05) is 46.2 Å². The fourth-order valence-electron chi connectivity index (χ4n) is 8.27. The van der Waals surface area contributed by atoms with Crippen LogP contribution < -0.4 is 5.32 Å². The fraction of sp³-hybridized carbons (Fsp3) is 0.556. The monoisotopic (exact) mass is 944 g/mol. The van der Waals surface area contributed by atoms with Crippen molar-refractivity contribution in [2.75, 3.05) is 37.8 Å². The number of hydrogen-bond donors (Lipinski definition) is 1. The highest BCUT2D eigenvalue weighted by Gasteiger charge is 2.55. The molecule has 0 radical (unpaired) electrons. The average Bonchev–Trinajstić information content (AvgIpc) is 4.01. The summed E-state index contributed by atoms with van der Waals surface area (Å²) in [4.78, 5) is 74.2. The van der Waals surface area contributed by atoms with Crippen molar-refractivity contribution < 1.29 is 46.4 Å². The van der Waals surface area contributed by atoms with E-state index in [9.17, 15) is 28.5 Å². The topological polar surface area (TPSA) is 144 Å². The number of alkyl halides is 2. The Kier molecular flexibility index (Phi) is 16.4. The van der Waals surface area contributed by atoms with Crippen LogP contribution in [0.1, 0.15) is 106 Å². The van der Waals surface area contributed by atoms with Gasteiger partial charge in [-0.05, 0) is 61.3 Å². The van der Waals surface area contributed by atoms with Gasteiger partial charge < -0.3 is 29.0 Å². The summed E-state index contributed by atoms with van der Waals surface area (Å²) in [5, 5.41) is 2.83. The maximum absolute atomic E-state index is 16.4. The summed E-state index contributed by atoms with van der Waals surface area (Å²) >= 11 is 2.83. The molecule has 340 valence electrons. The Morgan fingerprint density at radius 3 is 2.33 bits per heavy atom. The molecule has 1 N–H and O–H groups in total. The van der Waals surface area contributed by atoms with Gasteiger partial charge in [0.05, 0.1) is 30.6 Å². The molecule has 12 nitrogen and oxygen atoms in total. The molecule has 6 atom stereocenters. The lowest BCUT2D eigenvalue weighted by Crippen LogP contribution is -2.56. The number of nitrogens with zero attached hydrogens (tertiary/aromatic N) is 3. The second-order valence-corrected chi connectivity index (χ2v) is 22.6. The number of fused-ring (bicyclic) bond motifs is 2. The van der Waals surface area contributed by atoms with Gasteiger partial charge in [0.15, 0.2) is 10.2 Å². The minimum atomic E-state index is -5.24. The Hall–Kier alpha value is -3.65. The number of likely N-dealkylation sites (tertiary alicyclic amines) is 1. The Morgan fingerprint density at radius 1 is 0.952 bits per heavy atom. The number of benzene rings is 2. The Morgan fingerprint density at radius 2 is 1.65 bits per heavy atom. The molecule has 1 aromatic heterocycles. The zero-order chi connectivity index (χ0) is 45.5. The van der Waals surface area contributed by atoms with E-state index in [0.29, 0.717) is 49.8 Å². The van der Waals surface area contributed by atoms with E-state index < -0.39 is 61.5 Å². The van der Waals surface area contributed by atoms with Gasteiger partial charge in [-0.15, -0.1) is 11.3 Å². The highest BCUT2D eigenvalue weighted by Crippen LogP contribution is 2.67. The lowest BCUT2D eigenvalue weighted by molar-refractivity contribution is -0.146. The van der Waals surface area contributed by atoms with Gasteiger partial charge in [0.1, 0.15) is 12.1 Å². The van der Waals surface area contributed by atoms with Crippen LogP contribution in [0.4, 0.5) is 8.78 Å². The summed E-state index contributed by atoms with van der Waals surface area (Å²) in [6.07, 6.45) is 4.66. The van der Waals surface area contributed by atoms with Crippen molar-refractivity contribution in [1.29, 1.82) is 0 Å². The molecule has 6 rings (SSSR count). The van der Waals surface area contributed by atoms with Gasteiger partial charge in [-0.25, -0.2) is 6.57 Å². The van der Waals surface area contributed by atoms with Crippen LogP contribution in [-0.4, -0.2) is 99.7 Å². The lowest BCUT2D eigenvalue weighted by Gasteiger charge is -2.36. The average molecular weight is 945 g/mol. The van der Waals surface area contributed by atoms with Gasteiger partial charge >= 0.3 is 13.3 Å². The van der Waals surface area contributed by atoms with Crippen LogP contribution in [0.5, 0.6) is 0 Å². The standard InChI is InChI=1S/C45H55F2N4O8PS3/c1-6-12-39(52)61-23-21-58-60(57,59-22-24-62-43(56)44(2,3)4)45(46,47)31-17-20-37-30(25-31)26-38(63-37)40(53)49-34-16-11-10-15-32-18-19-36(51(32)41(34)54)42(55)50-27-33(35(28-50)48-5)29-13-8-7-9-14-29/h7-9,13-14,17,20,25-26,32-36H,6,10-12,15-16,18-19,21-24,27-28H2,1-4H3,(H,49,53)/t32-,33+,34-,35-,36-,60?/m0/s1. The number of hydrogen-bond acceptors (Lipinski definition) is 11. The van der Waals surface area contributed by atoms with E-state index in [-0.39, 0.29) is 62.3 Å². The number of thioether (sulfide) groups is 2. The zero-order valence-corrected chi connectivity index (χ0v) is 39.4. The van der Waals surface area contributed by atoms with Crippen LogP contribution in [0.25, 0.3) is 14.9 Å². The van der Waals surface area contributed by atoms with Crippen molar-refractivity contribution in [3.05, 3.63) is 82.0 Å². The minimum Gasteiger partial charge on any atom is -0.340 e. The molecule has 3 aliphatic rings. The first kappa shape index (κ1) is 48.8. The Bertz CT molecular complexity index is 2250. The van der Waals surface area contributed by atoms with E-state index in [1.165, 1.54) is 12.1 Å². The number of thiophene rings is 1. The smallest absolute Gasteiger partial charge is 0.340 e. The summed E-state index contributed by atoms with van der Waals surface area (Å²) in [7, 11) is -5.24. The first-order valence-electron chi connectivity index (χ1n) is 21.4. The normalized spacial score (nSPS) is 22.8. The number of rotatable bonds is 16. The Labute approximate surface area is 380 Å². The van der Waals surface area contributed by atoms with Crippen LogP contribution in [0.3, 0.4) is 0 Å². The molecule has 0 aliphatic carbocycles. The zero-order valence-electron chi connectivity index (χ0n) is 36.0.